The Morgan fingerprint density at radius 3 is 2.78 bits per heavy atom. The molecule has 2 heterocycles. The molecule has 0 bridgehead atoms. The summed E-state index contributed by atoms with van der Waals surface area (Å²) >= 11 is 2.02. The van der Waals surface area contributed by atoms with Crippen LogP contribution >= 0.6 is 11.8 Å². The van der Waals surface area contributed by atoms with Crippen LogP contribution in [0.1, 0.15) is 33.5 Å². The van der Waals surface area contributed by atoms with Gasteiger partial charge in [0.1, 0.15) is 12.4 Å². The van der Waals surface area contributed by atoms with Crippen LogP contribution in [-0.4, -0.2) is 47.1 Å². The van der Waals surface area contributed by atoms with E-state index in [0.717, 1.165) is 54.1 Å². The molecule has 2 aromatic carbocycles. The number of carboxylic acids is 1. The van der Waals surface area contributed by atoms with Crippen LogP contribution < -0.4 is 4.74 Å². The zero-order valence-electron chi connectivity index (χ0n) is 15.2. The van der Waals surface area contributed by atoms with E-state index in [1.807, 2.05) is 23.9 Å². The van der Waals surface area contributed by atoms with E-state index in [1.54, 1.807) is 18.2 Å². The van der Waals surface area contributed by atoms with Crippen LogP contribution in [0, 0.1) is 0 Å². The van der Waals surface area contributed by atoms with Crippen LogP contribution in [0.4, 0.5) is 0 Å². The lowest BCUT2D eigenvalue weighted by atomic mass is 9.92. The van der Waals surface area contributed by atoms with Gasteiger partial charge in [0, 0.05) is 36.7 Å². The number of benzene rings is 2. The van der Waals surface area contributed by atoms with Gasteiger partial charge < -0.3 is 14.7 Å². The average Bonchev–Trinajstić information content (AvgIpc) is 2.86. The Hall–Kier alpha value is -2.24. The van der Waals surface area contributed by atoms with E-state index < -0.39 is 5.97 Å². The molecule has 0 unspecified atom stereocenters. The van der Waals surface area contributed by atoms with Gasteiger partial charge in [-0.15, -0.1) is 0 Å². The first-order valence-electron chi connectivity index (χ1n) is 9.31. The third-order valence-electron chi connectivity index (χ3n) is 5.10. The molecule has 5 heteroatoms. The molecule has 1 N–H and O–H groups in total. The summed E-state index contributed by atoms with van der Waals surface area (Å²) in [6.45, 7) is 3.82. The van der Waals surface area contributed by atoms with E-state index in [0.29, 0.717) is 6.61 Å². The van der Waals surface area contributed by atoms with Gasteiger partial charge in [0.05, 0.1) is 5.56 Å². The minimum Gasteiger partial charge on any atom is -0.488 e. The lowest BCUT2D eigenvalue weighted by molar-refractivity contribution is 0.0697. The Morgan fingerprint density at radius 2 is 1.96 bits per heavy atom. The molecule has 2 aliphatic rings. The molecule has 27 heavy (non-hydrogen) atoms. The maximum atomic E-state index is 11.5. The molecule has 0 radical (unpaired) electrons. The monoisotopic (exact) mass is 381 g/mol. The minimum absolute atomic E-state index is 0.288. The van der Waals surface area contributed by atoms with Crippen molar-refractivity contribution in [3.05, 3.63) is 70.8 Å². The van der Waals surface area contributed by atoms with Crippen molar-refractivity contribution < 1.29 is 14.6 Å². The second-order valence-electron chi connectivity index (χ2n) is 6.82. The molecule has 140 valence electrons. The minimum atomic E-state index is -0.916. The topological polar surface area (TPSA) is 49.8 Å². The van der Waals surface area contributed by atoms with Gasteiger partial charge in [-0.25, -0.2) is 4.79 Å². The van der Waals surface area contributed by atoms with Crippen molar-refractivity contribution in [2.75, 3.05) is 31.1 Å². The summed E-state index contributed by atoms with van der Waals surface area (Å²) in [6.07, 6.45) is 3.19. The largest absolute Gasteiger partial charge is 0.488 e. The van der Waals surface area contributed by atoms with Crippen LogP contribution in [0.25, 0.3) is 5.57 Å². The van der Waals surface area contributed by atoms with E-state index in [-0.39, 0.29) is 5.56 Å². The Balaban J connectivity index is 1.70. The van der Waals surface area contributed by atoms with E-state index in [9.17, 15) is 9.90 Å². The molecular formula is C22H23NO3S. The van der Waals surface area contributed by atoms with Gasteiger partial charge in [0.2, 0.25) is 0 Å². The van der Waals surface area contributed by atoms with Crippen molar-refractivity contribution >= 4 is 23.3 Å². The van der Waals surface area contributed by atoms with Crippen molar-refractivity contribution in [1.82, 2.24) is 4.90 Å². The number of fused-ring (bicyclic) bond motifs is 2. The van der Waals surface area contributed by atoms with Crippen molar-refractivity contribution in [3.8, 4) is 5.75 Å². The summed E-state index contributed by atoms with van der Waals surface area (Å²) in [6, 6.07) is 13.4. The van der Waals surface area contributed by atoms with Gasteiger partial charge in [-0.2, -0.15) is 11.8 Å². The van der Waals surface area contributed by atoms with Crippen molar-refractivity contribution in [2.24, 2.45) is 0 Å². The predicted octanol–water partition coefficient (Wildman–Crippen LogP) is 4.15. The van der Waals surface area contributed by atoms with Crippen LogP contribution in [-0.2, 0) is 6.61 Å². The van der Waals surface area contributed by atoms with Crippen LogP contribution in [0.5, 0.6) is 5.75 Å². The zero-order chi connectivity index (χ0) is 18.6. The fourth-order valence-corrected chi connectivity index (χ4v) is 4.62. The fourth-order valence-electron chi connectivity index (χ4n) is 3.65. The molecule has 0 spiro atoms. The molecule has 0 saturated carbocycles. The quantitative estimate of drug-likeness (QED) is 0.862. The fraction of sp³-hybridized carbons (Fsp3) is 0.318. The van der Waals surface area contributed by atoms with E-state index in [4.69, 9.17) is 4.74 Å². The summed E-state index contributed by atoms with van der Waals surface area (Å²) in [4.78, 5) is 14.0. The average molecular weight is 381 g/mol. The maximum absolute atomic E-state index is 11.5. The standard InChI is InChI=1S/C22H23NO3S/c24-22(25)16-7-8-21-20(14-16)19(6-3-9-23-10-12-27-13-11-23)18-5-2-1-4-17(18)15-26-21/h1-2,4-8,14H,3,9-13,15H2,(H,24,25)/b19-6-. The molecule has 4 rings (SSSR count). The summed E-state index contributed by atoms with van der Waals surface area (Å²) < 4.78 is 5.99. The number of carboxylic acid groups (broad SMARTS) is 1. The first kappa shape index (κ1) is 18.1. The highest BCUT2D eigenvalue weighted by Crippen LogP contribution is 2.37. The number of carbonyl (C=O) groups is 1. The highest BCUT2D eigenvalue weighted by molar-refractivity contribution is 7.99. The lowest BCUT2D eigenvalue weighted by Crippen LogP contribution is -2.33. The molecule has 4 nitrogen and oxygen atoms in total. The number of nitrogens with zero attached hydrogens (tertiary/aromatic N) is 1. The number of ether oxygens (including phenoxy) is 1. The highest BCUT2D eigenvalue weighted by Gasteiger charge is 2.20. The number of thioether (sulfide) groups is 1. The molecule has 1 saturated heterocycles. The Kier molecular flexibility index (Phi) is 5.50. The second kappa shape index (κ2) is 8.19. The van der Waals surface area contributed by atoms with E-state index in [2.05, 4.69) is 23.1 Å². The third-order valence-corrected chi connectivity index (χ3v) is 6.05. The molecular weight excluding hydrogens is 358 g/mol. The van der Waals surface area contributed by atoms with Gasteiger partial charge in [0.15, 0.2) is 0 Å². The van der Waals surface area contributed by atoms with Gasteiger partial charge in [-0.1, -0.05) is 30.3 Å². The molecule has 2 aromatic rings. The summed E-state index contributed by atoms with van der Waals surface area (Å²) in [7, 11) is 0. The van der Waals surface area contributed by atoms with Crippen molar-refractivity contribution in [3.63, 3.8) is 0 Å². The summed E-state index contributed by atoms with van der Waals surface area (Å²) in [5, 5.41) is 9.42. The van der Waals surface area contributed by atoms with E-state index in [1.165, 1.54) is 11.5 Å². The van der Waals surface area contributed by atoms with E-state index >= 15 is 0 Å². The lowest BCUT2D eigenvalue weighted by Gasteiger charge is -2.25. The molecule has 0 atom stereocenters. The Bertz CT molecular complexity index is 872. The van der Waals surface area contributed by atoms with Gasteiger partial charge in [0.25, 0.3) is 0 Å². The second-order valence-corrected chi connectivity index (χ2v) is 8.05. The van der Waals surface area contributed by atoms with Crippen molar-refractivity contribution in [1.29, 1.82) is 0 Å². The number of aromatic carboxylic acids is 1. The Morgan fingerprint density at radius 1 is 1.15 bits per heavy atom. The molecule has 0 aliphatic carbocycles. The normalized spacial score (nSPS) is 18.3. The van der Waals surface area contributed by atoms with Gasteiger partial charge in [-0.3, -0.25) is 0 Å². The molecule has 1 fully saturated rings. The molecule has 0 aromatic heterocycles. The first-order chi connectivity index (χ1) is 13.2. The van der Waals surface area contributed by atoms with Crippen molar-refractivity contribution in [2.45, 2.75) is 13.0 Å². The van der Waals surface area contributed by atoms with Crippen LogP contribution in [0.15, 0.2) is 48.5 Å². The smallest absolute Gasteiger partial charge is 0.335 e. The summed E-state index contributed by atoms with van der Waals surface area (Å²) in [5.74, 6) is 2.24. The number of hydrogen-bond acceptors (Lipinski definition) is 4. The molecule has 0 amide bonds. The maximum Gasteiger partial charge on any atom is 0.335 e. The molecule has 2 aliphatic heterocycles. The van der Waals surface area contributed by atoms with Crippen LogP contribution in [0.3, 0.4) is 0 Å². The SMILES string of the molecule is O=C(O)c1ccc2c(c1)/C(=C\CCN1CCSCC1)c1ccccc1CO2. The predicted molar refractivity (Wildman–Crippen MR) is 110 cm³/mol. The number of hydrogen-bond donors (Lipinski definition) is 1. The van der Waals surface area contributed by atoms with Crippen LogP contribution in [0.2, 0.25) is 0 Å². The van der Waals surface area contributed by atoms with Gasteiger partial charge in [-0.05, 0) is 41.3 Å². The number of rotatable bonds is 4. The van der Waals surface area contributed by atoms with Gasteiger partial charge >= 0.3 is 5.97 Å². The zero-order valence-corrected chi connectivity index (χ0v) is 16.0. The first-order valence-corrected chi connectivity index (χ1v) is 10.5. The highest BCUT2D eigenvalue weighted by atomic mass is 32.2. The third kappa shape index (κ3) is 4.04. The summed E-state index contributed by atoms with van der Waals surface area (Å²) in [5.41, 5.74) is 4.50. The Labute approximate surface area is 163 Å².